The van der Waals surface area contributed by atoms with Crippen LogP contribution in [0, 0.1) is 11.6 Å². The zero-order chi connectivity index (χ0) is 16.1. The highest BCUT2D eigenvalue weighted by molar-refractivity contribution is 6.33. The van der Waals surface area contributed by atoms with E-state index in [-0.39, 0.29) is 35.0 Å². The highest BCUT2D eigenvalue weighted by Crippen LogP contribution is 2.23. The first-order chi connectivity index (χ1) is 10.5. The molecule has 1 amide bonds. The lowest BCUT2D eigenvalue weighted by Crippen LogP contribution is -2.41. The van der Waals surface area contributed by atoms with Crippen LogP contribution in [0.3, 0.4) is 0 Å². The van der Waals surface area contributed by atoms with Crippen LogP contribution < -0.4 is 5.73 Å². The molecule has 0 bridgehead atoms. The Kier molecular flexibility index (Phi) is 8.19. The summed E-state index contributed by atoms with van der Waals surface area (Å²) in [7, 11) is 0. The van der Waals surface area contributed by atoms with Gasteiger partial charge < -0.3 is 15.4 Å². The number of rotatable bonds is 5. The number of nitrogens with zero attached hydrogens (tertiary/aromatic N) is 1. The van der Waals surface area contributed by atoms with Crippen molar-refractivity contribution in [2.24, 2.45) is 5.73 Å². The van der Waals surface area contributed by atoms with E-state index in [1.54, 1.807) is 4.90 Å². The molecule has 1 heterocycles. The molecule has 0 aliphatic carbocycles. The van der Waals surface area contributed by atoms with Crippen LogP contribution in [0.4, 0.5) is 8.78 Å². The van der Waals surface area contributed by atoms with Crippen molar-refractivity contribution >= 4 is 29.9 Å². The predicted octanol–water partition coefficient (Wildman–Crippen LogP) is 3.01. The molecule has 2 rings (SSSR count). The number of carbonyl (C=O) groups is 1. The van der Waals surface area contributed by atoms with E-state index in [1.807, 2.05) is 0 Å². The van der Waals surface area contributed by atoms with Crippen molar-refractivity contribution in [1.29, 1.82) is 0 Å². The number of likely N-dealkylation sites (tertiary alicyclic amines) is 1. The number of halogens is 4. The summed E-state index contributed by atoms with van der Waals surface area (Å²) in [6.07, 6.45) is 2.33. The molecule has 1 aromatic carbocycles. The Hall–Kier alpha value is -0.950. The summed E-state index contributed by atoms with van der Waals surface area (Å²) in [6, 6.07) is 1.68. The minimum Gasteiger partial charge on any atom is -0.378 e. The van der Waals surface area contributed by atoms with Gasteiger partial charge in [0.2, 0.25) is 0 Å². The number of benzene rings is 1. The molecule has 0 saturated carbocycles. The zero-order valence-corrected chi connectivity index (χ0v) is 14.1. The van der Waals surface area contributed by atoms with E-state index in [2.05, 4.69) is 0 Å². The molecule has 4 nitrogen and oxygen atoms in total. The molecule has 1 saturated heterocycles. The van der Waals surface area contributed by atoms with Gasteiger partial charge in [-0.1, -0.05) is 11.6 Å². The van der Waals surface area contributed by atoms with E-state index >= 15 is 0 Å². The van der Waals surface area contributed by atoms with Crippen molar-refractivity contribution in [1.82, 2.24) is 4.90 Å². The molecule has 0 atom stereocenters. The molecular formula is C15H20Cl2F2N2O2. The third kappa shape index (κ3) is 5.28. The maximum atomic E-state index is 13.3. The van der Waals surface area contributed by atoms with Gasteiger partial charge in [-0.2, -0.15) is 0 Å². The third-order valence-electron chi connectivity index (χ3n) is 3.67. The van der Waals surface area contributed by atoms with Crippen molar-refractivity contribution in [3.8, 4) is 0 Å². The average Bonchev–Trinajstić information content (AvgIpc) is 2.51. The van der Waals surface area contributed by atoms with Gasteiger partial charge >= 0.3 is 0 Å². The van der Waals surface area contributed by atoms with Crippen LogP contribution in [-0.2, 0) is 4.74 Å². The first kappa shape index (κ1) is 20.1. The number of amides is 1. The number of piperidine rings is 1. The summed E-state index contributed by atoms with van der Waals surface area (Å²) in [5.41, 5.74) is 5.39. The van der Waals surface area contributed by atoms with Crippen molar-refractivity contribution < 1.29 is 18.3 Å². The molecule has 8 heteroatoms. The second-order valence-electron chi connectivity index (χ2n) is 5.25. The van der Waals surface area contributed by atoms with E-state index < -0.39 is 11.6 Å². The fourth-order valence-corrected chi connectivity index (χ4v) is 2.65. The fourth-order valence-electron chi connectivity index (χ4n) is 2.42. The number of hydrogen-bond donors (Lipinski definition) is 1. The molecule has 0 radical (unpaired) electrons. The van der Waals surface area contributed by atoms with Crippen LogP contribution in [0.25, 0.3) is 0 Å². The van der Waals surface area contributed by atoms with Gasteiger partial charge in [0.1, 0.15) is 0 Å². The third-order valence-corrected chi connectivity index (χ3v) is 3.98. The summed E-state index contributed by atoms with van der Waals surface area (Å²) in [4.78, 5) is 13.9. The van der Waals surface area contributed by atoms with Crippen LogP contribution in [0.5, 0.6) is 0 Å². The van der Waals surface area contributed by atoms with Gasteiger partial charge in [-0.25, -0.2) is 8.78 Å². The summed E-state index contributed by atoms with van der Waals surface area (Å²) in [6.45, 7) is 2.21. The summed E-state index contributed by atoms with van der Waals surface area (Å²) < 4.78 is 32.0. The molecule has 1 aliphatic heterocycles. The van der Waals surface area contributed by atoms with Crippen LogP contribution in [0.15, 0.2) is 12.1 Å². The summed E-state index contributed by atoms with van der Waals surface area (Å²) in [5.74, 6) is -2.52. The Bertz CT molecular complexity index is 538. The van der Waals surface area contributed by atoms with E-state index in [1.165, 1.54) is 0 Å². The SMILES string of the molecule is Cl.NCCCOC1CCN(C(=O)c2cc(F)c(F)cc2Cl)CC1. The van der Waals surface area contributed by atoms with Gasteiger partial charge in [-0.15, -0.1) is 12.4 Å². The second-order valence-corrected chi connectivity index (χ2v) is 5.66. The van der Waals surface area contributed by atoms with Gasteiger partial charge in [0, 0.05) is 19.7 Å². The van der Waals surface area contributed by atoms with Crippen LogP contribution in [0.1, 0.15) is 29.6 Å². The zero-order valence-electron chi connectivity index (χ0n) is 12.6. The first-order valence-corrected chi connectivity index (χ1v) is 7.66. The van der Waals surface area contributed by atoms with Crippen molar-refractivity contribution in [3.63, 3.8) is 0 Å². The quantitative estimate of drug-likeness (QED) is 0.641. The molecule has 1 aromatic rings. The monoisotopic (exact) mass is 368 g/mol. The Labute approximate surface area is 145 Å². The van der Waals surface area contributed by atoms with Gasteiger partial charge in [0.05, 0.1) is 16.7 Å². The molecule has 1 aliphatic rings. The molecule has 23 heavy (non-hydrogen) atoms. The number of hydrogen-bond acceptors (Lipinski definition) is 3. The average molecular weight is 369 g/mol. The van der Waals surface area contributed by atoms with Crippen LogP contribution in [0.2, 0.25) is 5.02 Å². The lowest BCUT2D eigenvalue weighted by Gasteiger charge is -2.32. The minimum absolute atomic E-state index is 0. The standard InChI is InChI=1S/C15H19ClF2N2O2.ClH/c16-12-9-14(18)13(17)8-11(12)15(21)20-5-2-10(3-6-20)22-7-1-4-19;/h8-10H,1-7,19H2;1H. The van der Waals surface area contributed by atoms with Crippen molar-refractivity contribution in [3.05, 3.63) is 34.4 Å². The van der Waals surface area contributed by atoms with E-state index in [9.17, 15) is 13.6 Å². The first-order valence-electron chi connectivity index (χ1n) is 7.28. The number of ether oxygens (including phenoxy) is 1. The van der Waals surface area contributed by atoms with Gasteiger partial charge in [-0.05, 0) is 37.9 Å². The van der Waals surface area contributed by atoms with E-state index in [0.717, 1.165) is 18.6 Å². The maximum Gasteiger partial charge on any atom is 0.255 e. The minimum atomic E-state index is -1.08. The Balaban J connectivity index is 0.00000264. The molecule has 0 spiro atoms. The normalized spacial score (nSPS) is 15.4. The molecule has 0 unspecified atom stereocenters. The van der Waals surface area contributed by atoms with E-state index in [0.29, 0.717) is 39.1 Å². The Morgan fingerprint density at radius 1 is 1.30 bits per heavy atom. The van der Waals surface area contributed by atoms with Crippen LogP contribution in [-0.4, -0.2) is 43.2 Å². The number of carbonyl (C=O) groups excluding carboxylic acids is 1. The van der Waals surface area contributed by atoms with Gasteiger partial charge in [-0.3, -0.25) is 4.79 Å². The predicted molar refractivity (Wildman–Crippen MR) is 87.2 cm³/mol. The van der Waals surface area contributed by atoms with E-state index in [4.69, 9.17) is 22.1 Å². The van der Waals surface area contributed by atoms with Crippen LogP contribution >= 0.6 is 24.0 Å². The van der Waals surface area contributed by atoms with Gasteiger partial charge in [0.15, 0.2) is 11.6 Å². The molecular weight excluding hydrogens is 349 g/mol. The number of nitrogens with two attached hydrogens (primary N) is 1. The van der Waals surface area contributed by atoms with Crippen molar-refractivity contribution in [2.75, 3.05) is 26.2 Å². The lowest BCUT2D eigenvalue weighted by atomic mass is 10.1. The smallest absolute Gasteiger partial charge is 0.255 e. The van der Waals surface area contributed by atoms with Gasteiger partial charge in [0.25, 0.3) is 5.91 Å². The molecule has 1 fully saturated rings. The molecule has 2 N–H and O–H groups in total. The molecule has 0 aromatic heterocycles. The Morgan fingerprint density at radius 2 is 1.91 bits per heavy atom. The summed E-state index contributed by atoms with van der Waals surface area (Å²) in [5, 5.41) is -0.0785. The largest absolute Gasteiger partial charge is 0.378 e. The highest BCUT2D eigenvalue weighted by Gasteiger charge is 2.26. The maximum absolute atomic E-state index is 13.3. The summed E-state index contributed by atoms with van der Waals surface area (Å²) >= 11 is 5.84. The topological polar surface area (TPSA) is 55.6 Å². The fraction of sp³-hybridized carbons (Fsp3) is 0.533. The second kappa shape index (κ2) is 9.37. The Morgan fingerprint density at radius 3 is 2.52 bits per heavy atom. The van der Waals surface area contributed by atoms with Crippen molar-refractivity contribution in [2.45, 2.75) is 25.4 Å². The highest BCUT2D eigenvalue weighted by atomic mass is 35.5. The lowest BCUT2D eigenvalue weighted by molar-refractivity contribution is 0.00844. The molecule has 130 valence electrons.